The van der Waals surface area contributed by atoms with Crippen LogP contribution in [0.5, 0.6) is 11.5 Å². The highest BCUT2D eigenvalue weighted by molar-refractivity contribution is 5.91. The Morgan fingerprint density at radius 1 is 1.35 bits per heavy atom. The van der Waals surface area contributed by atoms with Crippen molar-refractivity contribution in [2.24, 2.45) is 11.8 Å². The number of amides is 1. The zero-order chi connectivity index (χ0) is 16.7. The first-order valence-corrected chi connectivity index (χ1v) is 8.45. The number of carbonyl (C=O) groups excluding carboxylic acids is 1. The largest absolute Gasteiger partial charge is 0.493 e. The fraction of sp³-hybridized carbons (Fsp3) is 0.611. The van der Waals surface area contributed by atoms with Crippen LogP contribution < -0.4 is 20.1 Å². The molecule has 1 aromatic rings. The fourth-order valence-electron chi connectivity index (χ4n) is 3.10. The highest BCUT2D eigenvalue weighted by Gasteiger charge is 2.22. The third kappa shape index (κ3) is 5.13. The third-order valence-corrected chi connectivity index (χ3v) is 4.44. The molecule has 1 saturated heterocycles. The zero-order valence-corrected chi connectivity index (χ0v) is 14.4. The van der Waals surface area contributed by atoms with Crippen LogP contribution in [-0.2, 0) is 4.79 Å². The predicted molar refractivity (Wildman–Crippen MR) is 92.2 cm³/mol. The average molecular weight is 320 g/mol. The van der Waals surface area contributed by atoms with Crippen molar-refractivity contribution >= 4 is 11.6 Å². The molecule has 0 radical (unpaired) electrons. The van der Waals surface area contributed by atoms with Gasteiger partial charge in [-0.25, -0.2) is 0 Å². The van der Waals surface area contributed by atoms with Gasteiger partial charge in [-0.05, 0) is 56.8 Å². The molecule has 23 heavy (non-hydrogen) atoms. The summed E-state index contributed by atoms with van der Waals surface area (Å²) in [4.78, 5) is 12.3. The third-order valence-electron chi connectivity index (χ3n) is 4.44. The average Bonchev–Trinajstić information content (AvgIpc) is 2.57. The minimum absolute atomic E-state index is 0.0576. The molecule has 1 fully saturated rings. The first-order valence-electron chi connectivity index (χ1n) is 8.45. The van der Waals surface area contributed by atoms with Crippen LogP contribution in [0.4, 0.5) is 5.69 Å². The van der Waals surface area contributed by atoms with Gasteiger partial charge in [-0.3, -0.25) is 4.79 Å². The van der Waals surface area contributed by atoms with E-state index in [1.165, 1.54) is 0 Å². The van der Waals surface area contributed by atoms with Crippen molar-refractivity contribution in [2.45, 2.75) is 33.1 Å². The molecule has 1 amide bonds. The molecule has 1 aliphatic rings. The van der Waals surface area contributed by atoms with Crippen molar-refractivity contribution in [3.05, 3.63) is 18.2 Å². The quantitative estimate of drug-likeness (QED) is 0.810. The number of carbonyl (C=O) groups is 1. The standard InChI is InChI=1S/C18H28N2O3/c1-4-23-16-6-5-15(12-17(16)22-3)20-18(21)11-13(2)14-7-9-19-10-8-14/h5-6,12-14,19H,4,7-11H2,1-3H3,(H,20,21). The van der Waals surface area contributed by atoms with E-state index in [9.17, 15) is 4.79 Å². The summed E-state index contributed by atoms with van der Waals surface area (Å²) in [7, 11) is 1.60. The SMILES string of the molecule is CCOc1ccc(NC(=O)CC(C)C2CCNCC2)cc1OC. The monoisotopic (exact) mass is 320 g/mol. The van der Waals surface area contributed by atoms with Crippen LogP contribution in [0.15, 0.2) is 18.2 Å². The molecule has 0 spiro atoms. The van der Waals surface area contributed by atoms with Crippen molar-refractivity contribution in [1.29, 1.82) is 0 Å². The molecule has 0 aromatic heterocycles. The molecule has 5 heteroatoms. The first-order chi connectivity index (χ1) is 11.1. The molecule has 128 valence electrons. The molecule has 2 rings (SSSR count). The number of benzene rings is 1. The lowest BCUT2D eigenvalue weighted by molar-refractivity contribution is -0.117. The minimum atomic E-state index is 0.0576. The Bertz CT molecular complexity index is 513. The van der Waals surface area contributed by atoms with Crippen molar-refractivity contribution in [3.8, 4) is 11.5 Å². The number of piperidine rings is 1. The van der Waals surface area contributed by atoms with E-state index in [4.69, 9.17) is 9.47 Å². The van der Waals surface area contributed by atoms with E-state index in [1.54, 1.807) is 13.2 Å². The second-order valence-corrected chi connectivity index (χ2v) is 6.12. The van der Waals surface area contributed by atoms with Crippen LogP contribution in [0.2, 0.25) is 0 Å². The molecule has 0 saturated carbocycles. The number of anilines is 1. The van der Waals surface area contributed by atoms with Gasteiger partial charge in [0.2, 0.25) is 5.91 Å². The molecular weight excluding hydrogens is 292 g/mol. The molecule has 5 nitrogen and oxygen atoms in total. The molecule has 1 aromatic carbocycles. The maximum Gasteiger partial charge on any atom is 0.224 e. The number of methoxy groups -OCH3 is 1. The Balaban J connectivity index is 1.91. The van der Waals surface area contributed by atoms with Crippen molar-refractivity contribution in [2.75, 3.05) is 32.1 Å². The first kappa shape index (κ1) is 17.6. The lowest BCUT2D eigenvalue weighted by Gasteiger charge is -2.27. The van der Waals surface area contributed by atoms with Crippen LogP contribution in [0.3, 0.4) is 0 Å². The van der Waals surface area contributed by atoms with E-state index in [-0.39, 0.29) is 5.91 Å². The lowest BCUT2D eigenvalue weighted by atomic mass is 9.84. The number of hydrogen-bond acceptors (Lipinski definition) is 4. The van der Waals surface area contributed by atoms with Crippen LogP contribution in [0.1, 0.15) is 33.1 Å². The second-order valence-electron chi connectivity index (χ2n) is 6.12. The van der Waals surface area contributed by atoms with Gasteiger partial charge in [0.05, 0.1) is 13.7 Å². The number of ether oxygens (including phenoxy) is 2. The maximum absolute atomic E-state index is 12.3. The summed E-state index contributed by atoms with van der Waals surface area (Å²) in [5, 5.41) is 6.33. The van der Waals surface area contributed by atoms with E-state index in [0.29, 0.717) is 36.4 Å². The Kier molecular flexibility index (Phi) is 6.71. The summed E-state index contributed by atoms with van der Waals surface area (Å²) in [6, 6.07) is 5.48. The Morgan fingerprint density at radius 2 is 2.09 bits per heavy atom. The van der Waals surface area contributed by atoms with Gasteiger partial charge in [0, 0.05) is 18.2 Å². The van der Waals surface area contributed by atoms with Crippen LogP contribution in [0, 0.1) is 11.8 Å². The summed E-state index contributed by atoms with van der Waals surface area (Å²) in [5.74, 6) is 2.42. The van der Waals surface area contributed by atoms with Crippen molar-refractivity contribution in [1.82, 2.24) is 5.32 Å². The maximum atomic E-state index is 12.3. The molecule has 1 unspecified atom stereocenters. The topological polar surface area (TPSA) is 59.6 Å². The second kappa shape index (κ2) is 8.77. The lowest BCUT2D eigenvalue weighted by Crippen LogP contribution is -2.32. The zero-order valence-electron chi connectivity index (χ0n) is 14.4. The number of nitrogens with one attached hydrogen (secondary N) is 2. The smallest absolute Gasteiger partial charge is 0.224 e. The van der Waals surface area contributed by atoms with E-state index >= 15 is 0 Å². The molecule has 0 aliphatic carbocycles. The number of hydrogen-bond donors (Lipinski definition) is 2. The molecule has 2 N–H and O–H groups in total. The van der Waals surface area contributed by atoms with Gasteiger partial charge >= 0.3 is 0 Å². The van der Waals surface area contributed by atoms with Gasteiger partial charge in [0.25, 0.3) is 0 Å². The van der Waals surface area contributed by atoms with Gasteiger partial charge in [0.15, 0.2) is 11.5 Å². The number of rotatable bonds is 7. The Morgan fingerprint density at radius 3 is 2.74 bits per heavy atom. The molecule has 1 atom stereocenters. The summed E-state index contributed by atoms with van der Waals surface area (Å²) in [6.45, 7) is 6.81. The summed E-state index contributed by atoms with van der Waals surface area (Å²) < 4.78 is 10.8. The molecular formula is C18H28N2O3. The Labute approximate surface area is 138 Å². The van der Waals surface area contributed by atoms with Crippen molar-refractivity contribution < 1.29 is 14.3 Å². The van der Waals surface area contributed by atoms with Gasteiger partial charge in [-0.15, -0.1) is 0 Å². The predicted octanol–water partition coefficient (Wildman–Crippen LogP) is 3.06. The minimum Gasteiger partial charge on any atom is -0.493 e. The normalized spacial score (nSPS) is 16.7. The van der Waals surface area contributed by atoms with Crippen LogP contribution >= 0.6 is 0 Å². The molecule has 1 heterocycles. The fourth-order valence-corrected chi connectivity index (χ4v) is 3.10. The van der Waals surface area contributed by atoms with Crippen LogP contribution in [0.25, 0.3) is 0 Å². The van der Waals surface area contributed by atoms with E-state index in [2.05, 4.69) is 17.6 Å². The summed E-state index contributed by atoms with van der Waals surface area (Å²) in [5.41, 5.74) is 0.743. The van der Waals surface area contributed by atoms with E-state index in [0.717, 1.165) is 31.6 Å². The highest BCUT2D eigenvalue weighted by atomic mass is 16.5. The van der Waals surface area contributed by atoms with Gasteiger partial charge < -0.3 is 20.1 Å². The van der Waals surface area contributed by atoms with Gasteiger partial charge in [0.1, 0.15) is 0 Å². The Hall–Kier alpha value is -1.75. The van der Waals surface area contributed by atoms with Crippen LogP contribution in [-0.4, -0.2) is 32.7 Å². The molecule has 0 bridgehead atoms. The van der Waals surface area contributed by atoms with Gasteiger partial charge in [-0.1, -0.05) is 6.92 Å². The van der Waals surface area contributed by atoms with E-state index in [1.807, 2.05) is 19.1 Å². The van der Waals surface area contributed by atoms with Crippen molar-refractivity contribution in [3.63, 3.8) is 0 Å². The van der Waals surface area contributed by atoms with E-state index < -0.39 is 0 Å². The highest BCUT2D eigenvalue weighted by Crippen LogP contribution is 2.30. The summed E-state index contributed by atoms with van der Waals surface area (Å²) in [6.07, 6.45) is 2.87. The molecule has 1 aliphatic heterocycles. The summed E-state index contributed by atoms with van der Waals surface area (Å²) >= 11 is 0. The van der Waals surface area contributed by atoms with Gasteiger partial charge in [-0.2, -0.15) is 0 Å².